The zero-order chi connectivity index (χ0) is 10.6. The van der Waals surface area contributed by atoms with Gasteiger partial charge in [-0.15, -0.1) is 0 Å². The van der Waals surface area contributed by atoms with Gasteiger partial charge in [0.25, 0.3) is 0 Å². The van der Waals surface area contributed by atoms with Crippen molar-refractivity contribution in [1.29, 1.82) is 0 Å². The Hall–Kier alpha value is -0.570. The van der Waals surface area contributed by atoms with Crippen LogP contribution in [0.1, 0.15) is 51.9 Å². The lowest BCUT2D eigenvalue weighted by Crippen LogP contribution is -2.23. The molecule has 1 radical (unpaired) electrons. The zero-order valence-corrected chi connectivity index (χ0v) is 9.18. The monoisotopic (exact) mass is 200 g/mol. The van der Waals surface area contributed by atoms with Crippen LogP contribution >= 0.6 is 0 Å². The Morgan fingerprint density at radius 2 is 1.79 bits per heavy atom. The van der Waals surface area contributed by atoms with Gasteiger partial charge in [0.1, 0.15) is 0 Å². The third kappa shape index (κ3) is 9.52. The molecule has 0 aliphatic heterocycles. The van der Waals surface area contributed by atoms with E-state index in [4.69, 9.17) is 0 Å². The van der Waals surface area contributed by atoms with Crippen LogP contribution in [0.5, 0.6) is 0 Å². The maximum absolute atomic E-state index is 11.1. The van der Waals surface area contributed by atoms with Gasteiger partial charge >= 0.3 is 0 Å². The van der Waals surface area contributed by atoms with Crippen molar-refractivity contribution in [2.24, 2.45) is 0 Å². The summed E-state index contributed by atoms with van der Waals surface area (Å²) >= 11 is 0. The lowest BCUT2D eigenvalue weighted by atomic mass is 10.2. The van der Waals surface area contributed by atoms with Gasteiger partial charge < -0.3 is 5.32 Å². The van der Waals surface area contributed by atoms with Gasteiger partial charge in [-0.25, -0.2) is 5.11 Å². The molecule has 0 aromatic carbocycles. The van der Waals surface area contributed by atoms with E-state index in [0.29, 0.717) is 6.42 Å². The Labute approximate surface area is 86.9 Å². The van der Waals surface area contributed by atoms with Crippen molar-refractivity contribution in [1.82, 2.24) is 5.32 Å². The Morgan fingerprint density at radius 1 is 1.07 bits per heavy atom. The van der Waals surface area contributed by atoms with Crippen LogP contribution in [0, 0.1) is 0 Å². The first kappa shape index (κ1) is 13.4. The lowest BCUT2D eigenvalue weighted by Gasteiger charge is -2.03. The van der Waals surface area contributed by atoms with Crippen molar-refractivity contribution < 1.29 is 9.90 Å². The summed E-state index contributed by atoms with van der Waals surface area (Å²) in [5.41, 5.74) is 0. The Morgan fingerprint density at radius 3 is 2.43 bits per heavy atom. The van der Waals surface area contributed by atoms with E-state index in [1.54, 1.807) is 0 Å². The fourth-order valence-corrected chi connectivity index (χ4v) is 1.23. The van der Waals surface area contributed by atoms with Crippen molar-refractivity contribution in [3.8, 4) is 0 Å². The number of amides is 1. The van der Waals surface area contributed by atoms with Crippen LogP contribution in [0.25, 0.3) is 0 Å². The minimum absolute atomic E-state index is 0.0306. The predicted molar refractivity (Wildman–Crippen MR) is 56.6 cm³/mol. The molecule has 0 spiro atoms. The Kier molecular flexibility index (Phi) is 10.1. The molecule has 0 heterocycles. The topological polar surface area (TPSA) is 49.0 Å². The van der Waals surface area contributed by atoms with Gasteiger partial charge in [-0.3, -0.25) is 4.79 Å². The van der Waals surface area contributed by atoms with Crippen molar-refractivity contribution >= 4 is 5.91 Å². The third-order valence-corrected chi connectivity index (χ3v) is 2.15. The fourth-order valence-electron chi connectivity index (χ4n) is 1.23. The van der Waals surface area contributed by atoms with E-state index in [1.807, 2.05) is 0 Å². The van der Waals surface area contributed by atoms with E-state index in [0.717, 1.165) is 45.1 Å². The minimum atomic E-state index is 0.0306. The molecule has 83 valence electrons. The standard InChI is InChI=1S/C11H22NO2/c1-2-3-8-11(14)12-9-6-4-5-7-10-13/h2-10H2,1H3,(H,12,14). The van der Waals surface area contributed by atoms with Gasteiger partial charge in [0.15, 0.2) is 0 Å². The molecule has 14 heavy (non-hydrogen) atoms. The number of nitrogens with one attached hydrogen (secondary N) is 1. The average Bonchev–Trinajstić information content (AvgIpc) is 2.20. The first-order valence-corrected chi connectivity index (χ1v) is 5.66. The molecule has 0 fully saturated rings. The highest BCUT2D eigenvalue weighted by atomic mass is 16.2. The molecule has 0 atom stereocenters. The number of rotatable bonds is 9. The highest BCUT2D eigenvalue weighted by Crippen LogP contribution is 1.98. The second-order valence-corrected chi connectivity index (χ2v) is 3.57. The number of unbranched alkanes of at least 4 members (excludes halogenated alkanes) is 4. The van der Waals surface area contributed by atoms with Gasteiger partial charge in [0, 0.05) is 13.0 Å². The van der Waals surface area contributed by atoms with Crippen LogP contribution in [0.4, 0.5) is 0 Å². The van der Waals surface area contributed by atoms with Crippen molar-refractivity contribution in [3.63, 3.8) is 0 Å². The SMILES string of the molecule is CCCCC(=O)NCCCCCC[O]. The second kappa shape index (κ2) is 10.5. The van der Waals surface area contributed by atoms with E-state index in [2.05, 4.69) is 12.2 Å². The summed E-state index contributed by atoms with van der Waals surface area (Å²) in [5, 5.41) is 13.0. The number of carbonyl (C=O) groups is 1. The summed E-state index contributed by atoms with van der Waals surface area (Å²) in [6.45, 7) is 2.88. The Bertz CT molecular complexity index is 137. The molecule has 1 amide bonds. The first-order chi connectivity index (χ1) is 6.81. The molecule has 0 aromatic rings. The van der Waals surface area contributed by atoms with E-state index < -0.39 is 0 Å². The van der Waals surface area contributed by atoms with E-state index in [9.17, 15) is 9.90 Å². The molecular formula is C11H22NO2. The lowest BCUT2D eigenvalue weighted by molar-refractivity contribution is -0.121. The summed E-state index contributed by atoms with van der Waals surface area (Å²) < 4.78 is 0. The molecule has 0 saturated carbocycles. The van der Waals surface area contributed by atoms with Crippen LogP contribution in [-0.2, 0) is 9.90 Å². The summed E-state index contributed by atoms with van der Waals surface area (Å²) in [4.78, 5) is 11.1. The molecule has 0 saturated heterocycles. The quantitative estimate of drug-likeness (QED) is 0.570. The molecule has 3 heteroatoms. The minimum Gasteiger partial charge on any atom is -0.356 e. The van der Waals surface area contributed by atoms with Crippen LogP contribution in [0.2, 0.25) is 0 Å². The predicted octanol–water partition coefficient (Wildman–Crippen LogP) is 2.28. The Balaban J connectivity index is 3.07. The number of hydrogen-bond donors (Lipinski definition) is 1. The van der Waals surface area contributed by atoms with Gasteiger partial charge in [-0.1, -0.05) is 26.2 Å². The molecule has 0 unspecified atom stereocenters. The molecule has 0 aromatic heterocycles. The van der Waals surface area contributed by atoms with Crippen LogP contribution in [0.15, 0.2) is 0 Å². The summed E-state index contributed by atoms with van der Waals surface area (Å²) in [7, 11) is 0. The normalized spacial score (nSPS) is 10.1. The summed E-state index contributed by atoms with van der Waals surface area (Å²) in [6.07, 6.45) is 6.50. The number of carbonyl (C=O) groups excluding carboxylic acids is 1. The third-order valence-electron chi connectivity index (χ3n) is 2.15. The molecule has 1 N–H and O–H groups in total. The maximum Gasteiger partial charge on any atom is 0.219 e. The first-order valence-electron chi connectivity index (χ1n) is 5.66. The van der Waals surface area contributed by atoms with Gasteiger partial charge in [0.2, 0.25) is 5.91 Å². The van der Waals surface area contributed by atoms with E-state index in [-0.39, 0.29) is 12.5 Å². The van der Waals surface area contributed by atoms with Gasteiger partial charge in [0.05, 0.1) is 6.61 Å². The number of hydrogen-bond acceptors (Lipinski definition) is 1. The van der Waals surface area contributed by atoms with E-state index >= 15 is 0 Å². The highest BCUT2D eigenvalue weighted by molar-refractivity contribution is 5.75. The largest absolute Gasteiger partial charge is 0.356 e. The molecule has 0 aliphatic carbocycles. The van der Waals surface area contributed by atoms with E-state index in [1.165, 1.54) is 0 Å². The average molecular weight is 200 g/mol. The fraction of sp³-hybridized carbons (Fsp3) is 0.909. The molecule has 0 rings (SSSR count). The van der Waals surface area contributed by atoms with Crippen molar-refractivity contribution in [2.75, 3.05) is 13.2 Å². The second-order valence-electron chi connectivity index (χ2n) is 3.57. The van der Waals surface area contributed by atoms with Gasteiger partial charge in [-0.05, 0) is 19.3 Å². The molecule has 0 aliphatic rings. The van der Waals surface area contributed by atoms with Crippen molar-refractivity contribution in [3.05, 3.63) is 0 Å². The van der Waals surface area contributed by atoms with Crippen LogP contribution < -0.4 is 5.32 Å². The van der Waals surface area contributed by atoms with Crippen LogP contribution in [-0.4, -0.2) is 19.1 Å². The maximum atomic E-state index is 11.1. The molecule has 3 nitrogen and oxygen atoms in total. The molecule has 0 bridgehead atoms. The smallest absolute Gasteiger partial charge is 0.219 e. The summed E-state index contributed by atoms with van der Waals surface area (Å²) in [5.74, 6) is 0.163. The zero-order valence-electron chi connectivity index (χ0n) is 9.18. The van der Waals surface area contributed by atoms with Crippen molar-refractivity contribution in [2.45, 2.75) is 51.9 Å². The van der Waals surface area contributed by atoms with Gasteiger partial charge in [-0.2, -0.15) is 0 Å². The van der Waals surface area contributed by atoms with Crippen LogP contribution in [0.3, 0.4) is 0 Å². The highest BCUT2D eigenvalue weighted by Gasteiger charge is 1.98. The summed E-state index contributed by atoms with van der Waals surface area (Å²) in [6, 6.07) is 0. The molecular weight excluding hydrogens is 178 g/mol.